The van der Waals surface area contributed by atoms with Gasteiger partial charge in [-0.15, -0.1) is 11.3 Å². The number of hydrogen-bond acceptors (Lipinski definition) is 2. The Labute approximate surface area is 157 Å². The van der Waals surface area contributed by atoms with Gasteiger partial charge in [0.2, 0.25) is 0 Å². The van der Waals surface area contributed by atoms with Crippen LogP contribution in [0.2, 0.25) is 0 Å². The van der Waals surface area contributed by atoms with Gasteiger partial charge in [0.25, 0.3) is 5.91 Å². The Morgan fingerprint density at radius 1 is 1.04 bits per heavy atom. The Balaban J connectivity index is 1.98. The molecule has 0 fully saturated rings. The smallest absolute Gasteiger partial charge is 0.257 e. The molecule has 2 aromatic carbocycles. The summed E-state index contributed by atoms with van der Waals surface area (Å²) in [6, 6.07) is 14.0. The minimum atomic E-state index is -0.296. The first-order chi connectivity index (χ1) is 12.4. The first-order valence-corrected chi connectivity index (χ1v) is 9.22. The molecule has 0 unspecified atom stereocenters. The Bertz CT molecular complexity index is 933. The van der Waals surface area contributed by atoms with Crippen LogP contribution in [-0.4, -0.2) is 5.91 Å². The van der Waals surface area contributed by atoms with E-state index in [-0.39, 0.29) is 11.7 Å². The normalized spacial score (nSPS) is 11.5. The fourth-order valence-corrected chi connectivity index (χ4v) is 3.70. The van der Waals surface area contributed by atoms with Gasteiger partial charge < -0.3 is 5.32 Å². The minimum absolute atomic E-state index is 0.174. The largest absolute Gasteiger partial charge is 0.321 e. The number of hydrogen-bond donors (Lipinski definition) is 1. The Morgan fingerprint density at radius 2 is 1.69 bits per heavy atom. The van der Waals surface area contributed by atoms with Crippen LogP contribution >= 0.6 is 11.3 Å². The third kappa shape index (κ3) is 4.09. The molecule has 1 heterocycles. The highest BCUT2D eigenvalue weighted by molar-refractivity contribution is 7.11. The number of rotatable bonds is 4. The van der Waals surface area contributed by atoms with Gasteiger partial charge in [-0.2, -0.15) is 0 Å². The molecule has 2 nitrogen and oxygen atoms in total. The average molecular weight is 365 g/mol. The van der Waals surface area contributed by atoms with Gasteiger partial charge in [-0.3, -0.25) is 4.79 Å². The number of nitrogens with one attached hydrogen (secondary N) is 1. The van der Waals surface area contributed by atoms with Gasteiger partial charge in [-0.05, 0) is 67.1 Å². The van der Waals surface area contributed by atoms with Crippen LogP contribution < -0.4 is 5.32 Å². The first kappa shape index (κ1) is 18.1. The van der Waals surface area contributed by atoms with Crippen LogP contribution in [0, 0.1) is 26.6 Å². The van der Waals surface area contributed by atoms with Crippen LogP contribution in [0.1, 0.15) is 27.1 Å². The van der Waals surface area contributed by atoms with Crippen LogP contribution in [0.15, 0.2) is 53.9 Å². The van der Waals surface area contributed by atoms with Crippen molar-refractivity contribution < 1.29 is 9.18 Å². The third-order valence-corrected chi connectivity index (χ3v) is 5.03. The number of halogens is 1. The Morgan fingerprint density at radius 3 is 2.27 bits per heavy atom. The van der Waals surface area contributed by atoms with Gasteiger partial charge in [0.15, 0.2) is 0 Å². The van der Waals surface area contributed by atoms with Crippen LogP contribution in [-0.2, 0) is 4.79 Å². The molecule has 0 atom stereocenters. The van der Waals surface area contributed by atoms with Gasteiger partial charge >= 0.3 is 0 Å². The van der Waals surface area contributed by atoms with E-state index in [1.807, 2.05) is 38.3 Å². The maximum atomic E-state index is 13.2. The van der Waals surface area contributed by atoms with Gasteiger partial charge in [-0.1, -0.05) is 35.9 Å². The van der Waals surface area contributed by atoms with Crippen LogP contribution in [0.4, 0.5) is 10.1 Å². The third-order valence-electron chi connectivity index (χ3n) is 4.13. The lowest BCUT2D eigenvalue weighted by Gasteiger charge is -2.14. The van der Waals surface area contributed by atoms with E-state index in [0.717, 1.165) is 27.3 Å². The molecule has 1 N–H and O–H groups in total. The molecule has 0 bridgehead atoms. The van der Waals surface area contributed by atoms with Crippen molar-refractivity contribution in [2.75, 3.05) is 5.32 Å². The number of anilines is 1. The van der Waals surface area contributed by atoms with Crippen molar-refractivity contribution in [1.82, 2.24) is 0 Å². The van der Waals surface area contributed by atoms with Crippen molar-refractivity contribution in [3.63, 3.8) is 0 Å². The van der Waals surface area contributed by atoms with E-state index in [4.69, 9.17) is 0 Å². The van der Waals surface area contributed by atoms with Gasteiger partial charge in [-0.25, -0.2) is 4.39 Å². The molecular formula is C22H20FNOS. The molecule has 0 saturated heterocycles. The zero-order valence-electron chi connectivity index (χ0n) is 15.0. The predicted octanol–water partition coefficient (Wildman–Crippen LogP) is 5.99. The summed E-state index contributed by atoms with van der Waals surface area (Å²) in [7, 11) is 0. The highest BCUT2D eigenvalue weighted by Gasteiger charge is 2.16. The van der Waals surface area contributed by atoms with Crippen molar-refractivity contribution in [3.05, 3.63) is 86.9 Å². The van der Waals surface area contributed by atoms with E-state index < -0.39 is 0 Å². The van der Waals surface area contributed by atoms with Crippen molar-refractivity contribution in [2.45, 2.75) is 20.8 Å². The average Bonchev–Trinajstić information content (AvgIpc) is 3.11. The molecule has 4 heteroatoms. The molecule has 0 radical (unpaired) electrons. The highest BCUT2D eigenvalue weighted by atomic mass is 32.1. The number of aryl methyl sites for hydroxylation is 3. The standard InChI is InChI=1S/C22H20FNOS/c1-14-11-15(2)21(16(3)12-14)24-22(25)19(20-5-4-10-26-20)13-17-6-8-18(23)9-7-17/h4-13H,1-3H3,(H,24,25)/b19-13+. The molecular weight excluding hydrogens is 345 g/mol. The zero-order chi connectivity index (χ0) is 18.7. The number of carbonyl (C=O) groups is 1. The summed E-state index contributed by atoms with van der Waals surface area (Å²) in [6.45, 7) is 6.02. The minimum Gasteiger partial charge on any atom is -0.321 e. The summed E-state index contributed by atoms with van der Waals surface area (Å²) in [5.41, 5.74) is 5.40. The first-order valence-electron chi connectivity index (χ1n) is 8.34. The summed E-state index contributed by atoms with van der Waals surface area (Å²) in [4.78, 5) is 13.9. The fourth-order valence-electron chi connectivity index (χ4n) is 2.96. The molecule has 132 valence electrons. The topological polar surface area (TPSA) is 29.1 Å². The van der Waals surface area contributed by atoms with Crippen LogP contribution in [0.5, 0.6) is 0 Å². The summed E-state index contributed by atoms with van der Waals surface area (Å²) < 4.78 is 13.2. The monoisotopic (exact) mass is 365 g/mol. The molecule has 1 amide bonds. The molecule has 1 aromatic heterocycles. The lowest BCUT2D eigenvalue weighted by atomic mass is 10.0. The second-order valence-corrected chi connectivity index (χ2v) is 7.26. The molecule has 0 aliphatic heterocycles. The van der Waals surface area contributed by atoms with E-state index in [1.54, 1.807) is 18.2 Å². The number of benzene rings is 2. The summed E-state index contributed by atoms with van der Waals surface area (Å²) in [6.07, 6.45) is 1.79. The van der Waals surface area contributed by atoms with E-state index >= 15 is 0 Å². The molecule has 3 rings (SSSR count). The number of amides is 1. The predicted molar refractivity (Wildman–Crippen MR) is 108 cm³/mol. The molecule has 26 heavy (non-hydrogen) atoms. The van der Waals surface area contributed by atoms with Gasteiger partial charge in [0, 0.05) is 10.6 Å². The number of thiophene rings is 1. The highest BCUT2D eigenvalue weighted by Crippen LogP contribution is 2.27. The molecule has 0 spiro atoms. The molecule has 0 aliphatic rings. The SMILES string of the molecule is Cc1cc(C)c(NC(=O)/C(=C/c2ccc(F)cc2)c2cccs2)c(C)c1. The van der Waals surface area contributed by atoms with Crippen LogP contribution in [0.25, 0.3) is 11.6 Å². The quantitative estimate of drug-likeness (QED) is 0.565. The van der Waals surface area contributed by atoms with Gasteiger partial charge in [0.05, 0.1) is 5.57 Å². The number of carbonyl (C=O) groups excluding carboxylic acids is 1. The molecule has 0 aliphatic carbocycles. The lowest BCUT2D eigenvalue weighted by molar-refractivity contribution is -0.111. The maximum absolute atomic E-state index is 13.2. The van der Waals surface area contributed by atoms with Crippen molar-refractivity contribution in [3.8, 4) is 0 Å². The van der Waals surface area contributed by atoms with Crippen molar-refractivity contribution in [2.24, 2.45) is 0 Å². The van der Waals surface area contributed by atoms with E-state index in [2.05, 4.69) is 17.4 Å². The Kier molecular flexibility index (Phi) is 5.33. The molecule has 0 saturated carbocycles. The molecule has 3 aromatic rings. The second-order valence-electron chi connectivity index (χ2n) is 6.31. The second kappa shape index (κ2) is 7.67. The lowest BCUT2D eigenvalue weighted by Crippen LogP contribution is -2.15. The summed E-state index contributed by atoms with van der Waals surface area (Å²) in [5, 5.41) is 4.99. The van der Waals surface area contributed by atoms with E-state index in [1.165, 1.54) is 29.0 Å². The van der Waals surface area contributed by atoms with Crippen molar-refractivity contribution >= 4 is 34.6 Å². The maximum Gasteiger partial charge on any atom is 0.257 e. The summed E-state index contributed by atoms with van der Waals surface area (Å²) >= 11 is 1.50. The van der Waals surface area contributed by atoms with Crippen molar-refractivity contribution in [1.29, 1.82) is 0 Å². The van der Waals surface area contributed by atoms with E-state index in [0.29, 0.717) is 5.57 Å². The summed E-state index contributed by atoms with van der Waals surface area (Å²) in [5.74, 6) is -0.470. The van der Waals surface area contributed by atoms with Gasteiger partial charge in [0.1, 0.15) is 5.82 Å². The fraction of sp³-hybridized carbons (Fsp3) is 0.136. The van der Waals surface area contributed by atoms with Crippen LogP contribution in [0.3, 0.4) is 0 Å². The van der Waals surface area contributed by atoms with E-state index in [9.17, 15) is 9.18 Å². The Hall–Kier alpha value is -2.72. The zero-order valence-corrected chi connectivity index (χ0v) is 15.8.